The van der Waals surface area contributed by atoms with Crippen molar-refractivity contribution in [3.05, 3.63) is 38.3 Å². The van der Waals surface area contributed by atoms with Crippen molar-refractivity contribution in [3.63, 3.8) is 0 Å². The molecule has 7 nitrogen and oxygen atoms in total. The lowest BCUT2D eigenvalue weighted by Gasteiger charge is -2.27. The standard InChI is InChI=1S/C17H18BrClN4O3S/c1-17(2,3)26-16(24)22(8-10-6-5-7-27-10)14-12-13(25-4)11(18)9-23(12)21-15(19)20-14/h5-7,9H,8H2,1-4H3. The first kappa shape index (κ1) is 19.9. The Morgan fingerprint density at radius 1 is 1.44 bits per heavy atom. The number of amides is 1. The fourth-order valence-corrected chi connectivity index (χ4v) is 3.86. The number of aromatic nitrogens is 3. The van der Waals surface area contributed by atoms with Crippen LogP contribution in [0.4, 0.5) is 10.6 Å². The van der Waals surface area contributed by atoms with Gasteiger partial charge in [-0.2, -0.15) is 4.98 Å². The van der Waals surface area contributed by atoms with Gasteiger partial charge in [-0.25, -0.2) is 9.31 Å². The average Bonchev–Trinajstić information content (AvgIpc) is 3.16. The molecule has 3 rings (SSSR count). The lowest BCUT2D eigenvalue weighted by atomic mass is 10.2. The minimum atomic E-state index is -0.662. The lowest BCUT2D eigenvalue weighted by Crippen LogP contribution is -2.37. The third-order valence-corrected chi connectivity index (χ3v) is 5.05. The van der Waals surface area contributed by atoms with Gasteiger partial charge in [-0.05, 0) is 59.7 Å². The number of anilines is 1. The van der Waals surface area contributed by atoms with E-state index in [1.807, 2.05) is 38.3 Å². The van der Waals surface area contributed by atoms with Gasteiger partial charge in [0.25, 0.3) is 0 Å². The molecule has 0 saturated heterocycles. The van der Waals surface area contributed by atoms with Gasteiger partial charge in [0.15, 0.2) is 17.1 Å². The van der Waals surface area contributed by atoms with E-state index in [1.54, 1.807) is 6.20 Å². The first-order chi connectivity index (χ1) is 12.7. The van der Waals surface area contributed by atoms with Crippen molar-refractivity contribution in [3.8, 4) is 5.75 Å². The number of methoxy groups -OCH3 is 1. The SMILES string of the molecule is COc1c(Br)cn2nc(Cl)nc(N(Cc3cccs3)C(=O)OC(C)(C)C)c12. The maximum absolute atomic E-state index is 13.0. The number of nitrogens with zero attached hydrogens (tertiary/aromatic N) is 4. The third-order valence-electron chi connectivity index (χ3n) is 3.46. The largest absolute Gasteiger partial charge is 0.493 e. The molecule has 0 aliphatic carbocycles. The normalized spacial score (nSPS) is 11.6. The highest BCUT2D eigenvalue weighted by Gasteiger charge is 2.29. The Balaban J connectivity index is 2.17. The quantitative estimate of drug-likeness (QED) is 0.524. The molecule has 27 heavy (non-hydrogen) atoms. The number of fused-ring (bicyclic) bond motifs is 1. The van der Waals surface area contributed by atoms with Crippen molar-refractivity contribution in [1.29, 1.82) is 0 Å². The second-order valence-electron chi connectivity index (χ2n) is 6.65. The highest BCUT2D eigenvalue weighted by molar-refractivity contribution is 9.10. The number of rotatable bonds is 4. The van der Waals surface area contributed by atoms with Crippen molar-refractivity contribution >= 4 is 56.3 Å². The van der Waals surface area contributed by atoms with Gasteiger partial charge in [0, 0.05) is 11.1 Å². The molecule has 3 heterocycles. The fourth-order valence-electron chi connectivity index (χ4n) is 2.47. The number of ether oxygens (including phenoxy) is 2. The van der Waals surface area contributed by atoms with E-state index in [9.17, 15) is 4.79 Å². The summed E-state index contributed by atoms with van der Waals surface area (Å²) >= 11 is 11.1. The number of carbonyl (C=O) groups excluding carboxylic acids is 1. The van der Waals surface area contributed by atoms with Crippen LogP contribution in [0.15, 0.2) is 28.2 Å². The molecule has 0 N–H and O–H groups in total. The second kappa shape index (κ2) is 7.65. The van der Waals surface area contributed by atoms with Gasteiger partial charge in [0.2, 0.25) is 5.28 Å². The van der Waals surface area contributed by atoms with Crippen LogP contribution in [0.3, 0.4) is 0 Å². The molecule has 0 unspecified atom stereocenters. The van der Waals surface area contributed by atoms with Crippen LogP contribution in [0, 0.1) is 0 Å². The maximum Gasteiger partial charge on any atom is 0.416 e. The summed E-state index contributed by atoms with van der Waals surface area (Å²) in [6.45, 7) is 5.71. The van der Waals surface area contributed by atoms with Crippen LogP contribution in [-0.4, -0.2) is 33.4 Å². The molecule has 0 aromatic carbocycles. The summed E-state index contributed by atoms with van der Waals surface area (Å²) in [4.78, 5) is 19.7. The number of hydrogen-bond donors (Lipinski definition) is 0. The predicted molar refractivity (Wildman–Crippen MR) is 109 cm³/mol. The Kier molecular flexibility index (Phi) is 5.64. The van der Waals surface area contributed by atoms with Crippen molar-refractivity contribution in [2.24, 2.45) is 0 Å². The smallest absolute Gasteiger partial charge is 0.416 e. The van der Waals surface area contributed by atoms with Crippen LogP contribution in [-0.2, 0) is 11.3 Å². The minimum absolute atomic E-state index is 0.00221. The molecule has 0 atom stereocenters. The Hall–Kier alpha value is -1.84. The van der Waals surface area contributed by atoms with E-state index in [0.717, 1.165) is 4.88 Å². The van der Waals surface area contributed by atoms with Crippen LogP contribution >= 0.6 is 38.9 Å². The summed E-state index contributed by atoms with van der Waals surface area (Å²) in [5.41, 5.74) is -0.152. The van der Waals surface area contributed by atoms with E-state index < -0.39 is 11.7 Å². The molecule has 3 aromatic rings. The van der Waals surface area contributed by atoms with Crippen LogP contribution in [0.5, 0.6) is 5.75 Å². The zero-order valence-electron chi connectivity index (χ0n) is 15.2. The van der Waals surface area contributed by atoms with E-state index in [-0.39, 0.29) is 11.8 Å². The summed E-state index contributed by atoms with van der Waals surface area (Å²) < 4.78 is 13.3. The van der Waals surface area contributed by atoms with Gasteiger partial charge in [-0.3, -0.25) is 4.90 Å². The molecule has 0 spiro atoms. The van der Waals surface area contributed by atoms with E-state index in [4.69, 9.17) is 21.1 Å². The van der Waals surface area contributed by atoms with Crippen molar-refractivity contribution in [2.45, 2.75) is 32.9 Å². The maximum atomic E-state index is 13.0. The van der Waals surface area contributed by atoms with E-state index in [2.05, 4.69) is 26.0 Å². The van der Waals surface area contributed by atoms with Gasteiger partial charge >= 0.3 is 6.09 Å². The summed E-state index contributed by atoms with van der Waals surface area (Å²) in [7, 11) is 1.54. The fraction of sp³-hybridized carbons (Fsp3) is 0.353. The van der Waals surface area contributed by atoms with E-state index in [0.29, 0.717) is 21.6 Å². The van der Waals surface area contributed by atoms with Gasteiger partial charge < -0.3 is 9.47 Å². The van der Waals surface area contributed by atoms with Gasteiger partial charge in [0.05, 0.1) is 18.1 Å². The second-order valence-corrected chi connectivity index (χ2v) is 8.88. The highest BCUT2D eigenvalue weighted by Crippen LogP contribution is 2.37. The average molecular weight is 474 g/mol. The number of halogens is 2. The summed E-state index contributed by atoms with van der Waals surface area (Å²) in [5, 5.41) is 6.11. The van der Waals surface area contributed by atoms with Crippen molar-refractivity contribution < 1.29 is 14.3 Å². The molecule has 1 amide bonds. The Labute approximate surface area is 174 Å². The first-order valence-corrected chi connectivity index (χ1v) is 10.1. The van der Waals surface area contributed by atoms with Crippen molar-refractivity contribution in [1.82, 2.24) is 14.6 Å². The van der Waals surface area contributed by atoms with Crippen LogP contribution in [0.2, 0.25) is 5.28 Å². The Morgan fingerprint density at radius 2 is 2.19 bits per heavy atom. The molecule has 0 saturated carbocycles. The monoisotopic (exact) mass is 472 g/mol. The molecule has 0 bridgehead atoms. The number of carbonyl (C=O) groups is 1. The summed E-state index contributed by atoms with van der Waals surface area (Å²) in [6, 6.07) is 3.86. The Bertz CT molecular complexity index is 969. The third kappa shape index (κ3) is 4.36. The van der Waals surface area contributed by atoms with Gasteiger partial charge in [-0.15, -0.1) is 16.4 Å². The molecule has 10 heteroatoms. The Morgan fingerprint density at radius 3 is 2.78 bits per heavy atom. The first-order valence-electron chi connectivity index (χ1n) is 8.01. The molecule has 0 aliphatic heterocycles. The topological polar surface area (TPSA) is 69.0 Å². The molecular weight excluding hydrogens is 456 g/mol. The zero-order chi connectivity index (χ0) is 19.8. The molecule has 144 valence electrons. The van der Waals surface area contributed by atoms with Crippen LogP contribution < -0.4 is 9.64 Å². The van der Waals surface area contributed by atoms with Crippen LogP contribution in [0.1, 0.15) is 25.6 Å². The van der Waals surface area contributed by atoms with Gasteiger partial charge in [0.1, 0.15) is 5.60 Å². The molecule has 0 radical (unpaired) electrons. The summed E-state index contributed by atoms with van der Waals surface area (Å²) in [5.74, 6) is 0.807. The zero-order valence-corrected chi connectivity index (χ0v) is 18.4. The number of thiophene rings is 1. The highest BCUT2D eigenvalue weighted by atomic mass is 79.9. The lowest BCUT2D eigenvalue weighted by molar-refractivity contribution is 0.0577. The van der Waals surface area contributed by atoms with Crippen LogP contribution in [0.25, 0.3) is 5.52 Å². The molecule has 0 aliphatic rings. The van der Waals surface area contributed by atoms with Gasteiger partial charge in [-0.1, -0.05) is 6.07 Å². The molecule has 0 fully saturated rings. The van der Waals surface area contributed by atoms with Crippen molar-refractivity contribution in [2.75, 3.05) is 12.0 Å². The number of hydrogen-bond acceptors (Lipinski definition) is 6. The van der Waals surface area contributed by atoms with E-state index >= 15 is 0 Å². The molecule has 3 aromatic heterocycles. The van der Waals surface area contributed by atoms with E-state index in [1.165, 1.54) is 27.9 Å². The molecular formula is C17H18BrClN4O3S. The minimum Gasteiger partial charge on any atom is -0.493 e. The summed E-state index contributed by atoms with van der Waals surface area (Å²) in [6.07, 6.45) is 1.16. The predicted octanol–water partition coefficient (Wildman–Crippen LogP) is 5.16.